The van der Waals surface area contributed by atoms with Gasteiger partial charge in [-0.2, -0.15) is 5.10 Å². The molecule has 2 aromatic carbocycles. The minimum Gasteiger partial charge on any atom is -0.496 e. The number of carbonyl (C=O) groups is 1. The van der Waals surface area contributed by atoms with Gasteiger partial charge in [-0.15, -0.1) is 0 Å². The lowest BCUT2D eigenvalue weighted by Crippen LogP contribution is -2.29. The zero-order valence-corrected chi connectivity index (χ0v) is 16.3. The van der Waals surface area contributed by atoms with Gasteiger partial charge in [0.05, 0.1) is 19.3 Å². The first kappa shape index (κ1) is 19.2. The Labute approximate surface area is 173 Å². The number of rotatable bonds is 6. The number of carbonyl (C=O) groups excluding carboxylic acids is 1. The SMILES string of the molecule is COc1ccccc1-c1cc(NC(=O)c2cccn(Cc3ccccc3)c2=O)n[nH]1. The molecule has 0 spiro atoms. The van der Waals surface area contributed by atoms with E-state index in [1.165, 1.54) is 10.6 Å². The average molecular weight is 400 g/mol. The number of methoxy groups -OCH3 is 1. The predicted molar refractivity (Wildman–Crippen MR) is 115 cm³/mol. The van der Waals surface area contributed by atoms with Crippen LogP contribution < -0.4 is 15.6 Å². The number of pyridine rings is 1. The summed E-state index contributed by atoms with van der Waals surface area (Å²) in [6, 6.07) is 22.0. The highest BCUT2D eigenvalue weighted by Crippen LogP contribution is 2.29. The quantitative estimate of drug-likeness (QED) is 0.518. The maximum absolute atomic E-state index is 12.8. The van der Waals surface area contributed by atoms with E-state index in [1.54, 1.807) is 25.4 Å². The molecule has 0 aliphatic carbocycles. The van der Waals surface area contributed by atoms with Crippen LogP contribution in [0.25, 0.3) is 11.3 Å². The molecule has 1 amide bonds. The van der Waals surface area contributed by atoms with Crippen molar-refractivity contribution in [3.05, 3.63) is 100 Å². The fourth-order valence-corrected chi connectivity index (χ4v) is 3.19. The van der Waals surface area contributed by atoms with Crippen molar-refractivity contribution in [2.24, 2.45) is 0 Å². The van der Waals surface area contributed by atoms with Crippen molar-refractivity contribution >= 4 is 11.7 Å². The monoisotopic (exact) mass is 400 g/mol. The molecule has 30 heavy (non-hydrogen) atoms. The van der Waals surface area contributed by atoms with Crippen molar-refractivity contribution in [2.45, 2.75) is 6.54 Å². The first-order valence-electron chi connectivity index (χ1n) is 9.39. The molecule has 0 unspecified atom stereocenters. The highest BCUT2D eigenvalue weighted by Gasteiger charge is 2.15. The summed E-state index contributed by atoms with van der Waals surface area (Å²) >= 11 is 0. The van der Waals surface area contributed by atoms with Crippen molar-refractivity contribution in [2.75, 3.05) is 12.4 Å². The van der Waals surface area contributed by atoms with Gasteiger partial charge in [-0.25, -0.2) is 0 Å². The molecule has 150 valence electrons. The van der Waals surface area contributed by atoms with E-state index < -0.39 is 5.91 Å². The molecule has 7 heteroatoms. The summed E-state index contributed by atoms with van der Waals surface area (Å²) in [5, 5.41) is 9.70. The number of H-pyrrole nitrogens is 1. The molecule has 0 bridgehead atoms. The summed E-state index contributed by atoms with van der Waals surface area (Å²) in [5.41, 5.74) is 2.18. The van der Waals surface area contributed by atoms with Gasteiger partial charge in [0.2, 0.25) is 0 Å². The van der Waals surface area contributed by atoms with Crippen molar-refractivity contribution in [1.82, 2.24) is 14.8 Å². The third-order valence-corrected chi connectivity index (χ3v) is 4.68. The van der Waals surface area contributed by atoms with Crippen LogP contribution in [-0.4, -0.2) is 27.8 Å². The smallest absolute Gasteiger partial charge is 0.263 e. The van der Waals surface area contributed by atoms with Gasteiger partial charge in [-0.1, -0.05) is 42.5 Å². The Morgan fingerprint density at radius 1 is 1.07 bits per heavy atom. The third kappa shape index (κ3) is 4.00. The number of aromatic nitrogens is 3. The zero-order chi connectivity index (χ0) is 20.9. The molecule has 2 heterocycles. The Bertz CT molecular complexity index is 1230. The number of ether oxygens (including phenoxy) is 1. The fraction of sp³-hybridized carbons (Fsp3) is 0.0870. The van der Waals surface area contributed by atoms with Gasteiger partial charge in [-0.3, -0.25) is 14.7 Å². The summed E-state index contributed by atoms with van der Waals surface area (Å²) in [5.74, 6) is 0.491. The lowest BCUT2D eigenvalue weighted by molar-refractivity contribution is 0.102. The second-order valence-corrected chi connectivity index (χ2v) is 6.66. The molecular weight excluding hydrogens is 380 g/mol. The summed E-state index contributed by atoms with van der Waals surface area (Å²) < 4.78 is 6.87. The lowest BCUT2D eigenvalue weighted by atomic mass is 10.1. The second-order valence-electron chi connectivity index (χ2n) is 6.66. The van der Waals surface area contributed by atoms with E-state index >= 15 is 0 Å². The van der Waals surface area contributed by atoms with Crippen molar-refractivity contribution < 1.29 is 9.53 Å². The molecule has 4 aromatic rings. The molecule has 4 rings (SSSR count). The lowest BCUT2D eigenvalue weighted by Gasteiger charge is -2.08. The molecule has 7 nitrogen and oxygen atoms in total. The van der Waals surface area contributed by atoms with Crippen LogP contribution in [0.2, 0.25) is 0 Å². The molecule has 2 aromatic heterocycles. The summed E-state index contributed by atoms with van der Waals surface area (Å²) in [6.45, 7) is 0.390. The van der Waals surface area contributed by atoms with Crippen LogP contribution in [0.1, 0.15) is 15.9 Å². The number of hydrogen-bond acceptors (Lipinski definition) is 4. The van der Waals surface area contributed by atoms with E-state index in [4.69, 9.17) is 4.74 Å². The van der Waals surface area contributed by atoms with Crippen LogP contribution in [0.3, 0.4) is 0 Å². The minimum absolute atomic E-state index is 0.0512. The molecule has 0 aliphatic rings. The molecule has 0 radical (unpaired) electrons. The molecule has 0 atom stereocenters. The van der Waals surface area contributed by atoms with Gasteiger partial charge in [0.15, 0.2) is 5.82 Å². The van der Waals surface area contributed by atoms with E-state index in [0.29, 0.717) is 23.8 Å². The molecule has 0 aliphatic heterocycles. The number of amides is 1. The molecule has 0 fully saturated rings. The fourth-order valence-electron chi connectivity index (χ4n) is 3.19. The number of benzene rings is 2. The molecule has 0 saturated heterocycles. The van der Waals surface area contributed by atoms with Crippen molar-refractivity contribution in [3.63, 3.8) is 0 Å². The topological polar surface area (TPSA) is 89.0 Å². The molecule has 0 saturated carbocycles. The first-order chi connectivity index (χ1) is 14.7. The standard InChI is InChI=1S/C23H20N4O3/c1-30-20-12-6-5-10-17(20)19-14-21(26-25-19)24-22(28)18-11-7-13-27(23(18)29)15-16-8-3-2-4-9-16/h2-14H,15H2,1H3,(H2,24,25,26,28). The maximum Gasteiger partial charge on any atom is 0.263 e. The Morgan fingerprint density at radius 2 is 1.83 bits per heavy atom. The van der Waals surface area contributed by atoms with Gasteiger partial charge >= 0.3 is 0 Å². The maximum atomic E-state index is 12.8. The Morgan fingerprint density at radius 3 is 2.63 bits per heavy atom. The molecule has 2 N–H and O–H groups in total. The van der Waals surface area contributed by atoms with Gasteiger partial charge in [0.1, 0.15) is 11.3 Å². The second kappa shape index (κ2) is 8.48. The first-order valence-corrected chi connectivity index (χ1v) is 9.39. The number of hydrogen-bond donors (Lipinski definition) is 2. The van der Waals surface area contributed by atoms with Gasteiger partial charge < -0.3 is 14.6 Å². The number of para-hydroxylation sites is 1. The van der Waals surface area contributed by atoms with E-state index in [0.717, 1.165) is 11.1 Å². The largest absolute Gasteiger partial charge is 0.496 e. The Kier molecular flexibility index (Phi) is 5.43. The highest BCUT2D eigenvalue weighted by molar-refractivity contribution is 6.03. The van der Waals surface area contributed by atoms with Crippen LogP contribution in [0, 0.1) is 0 Å². The Hall–Kier alpha value is -4.13. The van der Waals surface area contributed by atoms with Gasteiger partial charge in [0.25, 0.3) is 11.5 Å². The minimum atomic E-state index is -0.513. The van der Waals surface area contributed by atoms with Crippen LogP contribution in [-0.2, 0) is 6.54 Å². The predicted octanol–water partition coefficient (Wildman–Crippen LogP) is 3.55. The van der Waals surface area contributed by atoms with E-state index in [9.17, 15) is 9.59 Å². The molecular formula is C23H20N4O3. The number of nitrogens with one attached hydrogen (secondary N) is 2. The summed E-state index contributed by atoms with van der Waals surface area (Å²) in [7, 11) is 1.59. The highest BCUT2D eigenvalue weighted by atomic mass is 16.5. The van der Waals surface area contributed by atoms with Gasteiger partial charge in [-0.05, 0) is 29.8 Å². The normalized spacial score (nSPS) is 10.6. The number of anilines is 1. The van der Waals surface area contributed by atoms with Crippen molar-refractivity contribution in [1.29, 1.82) is 0 Å². The average Bonchev–Trinajstić information content (AvgIpc) is 3.24. The van der Waals surface area contributed by atoms with Crippen LogP contribution in [0.5, 0.6) is 5.75 Å². The number of nitrogens with zero attached hydrogens (tertiary/aromatic N) is 2. The van der Waals surface area contributed by atoms with E-state index in [2.05, 4.69) is 15.5 Å². The van der Waals surface area contributed by atoms with Crippen molar-refractivity contribution in [3.8, 4) is 17.0 Å². The van der Waals surface area contributed by atoms with Crippen LogP contribution in [0.4, 0.5) is 5.82 Å². The van der Waals surface area contributed by atoms with Crippen LogP contribution in [0.15, 0.2) is 83.8 Å². The zero-order valence-electron chi connectivity index (χ0n) is 16.3. The van der Waals surface area contributed by atoms with Gasteiger partial charge in [0, 0.05) is 17.8 Å². The Balaban J connectivity index is 1.54. The summed E-state index contributed by atoms with van der Waals surface area (Å²) in [6.07, 6.45) is 1.67. The number of aromatic amines is 1. The van der Waals surface area contributed by atoms with Crippen LogP contribution >= 0.6 is 0 Å². The van der Waals surface area contributed by atoms with E-state index in [1.807, 2.05) is 54.6 Å². The third-order valence-electron chi connectivity index (χ3n) is 4.68. The summed E-state index contributed by atoms with van der Waals surface area (Å²) in [4.78, 5) is 25.5. The van der Waals surface area contributed by atoms with E-state index in [-0.39, 0.29) is 11.1 Å².